The number of carbonyl (C=O) groups is 2. The van der Waals surface area contributed by atoms with Crippen LogP contribution in [-0.2, 0) is 9.53 Å². The van der Waals surface area contributed by atoms with Gasteiger partial charge in [-0.1, -0.05) is 36.4 Å². The fourth-order valence-corrected chi connectivity index (χ4v) is 6.14. The lowest BCUT2D eigenvalue weighted by Crippen LogP contribution is -2.37. The molecule has 36 heavy (non-hydrogen) atoms. The highest BCUT2D eigenvalue weighted by Gasteiger charge is 2.42. The standard InChI is InChI=1S/C29H33N3O4/c33-28(21-10-13-35-19-21)30-26(20-5-2-1-3-6-20)9-12-31-15-22-17-32(18-23(22)16-31)29(34)25-7-4-8-27-24(25)11-14-36-27/h1-8,11,14,21-23,26H,9-10,12-13,15-19H2,(H,30,33)/t21?,22?,23?,26-/m0/s1. The number of nitrogens with zero attached hydrogens (tertiary/aromatic N) is 2. The Morgan fingerprint density at radius 2 is 1.78 bits per heavy atom. The minimum Gasteiger partial charge on any atom is -0.464 e. The normalized spacial score (nSPS) is 24.8. The van der Waals surface area contributed by atoms with E-state index in [0.717, 1.165) is 67.7 Å². The molecular formula is C29H33N3O4. The van der Waals surface area contributed by atoms with Crippen LogP contribution >= 0.6 is 0 Å². The van der Waals surface area contributed by atoms with Gasteiger partial charge >= 0.3 is 0 Å². The molecule has 7 heteroatoms. The van der Waals surface area contributed by atoms with Crippen LogP contribution in [0.3, 0.4) is 0 Å². The second kappa shape index (κ2) is 10.1. The molecule has 0 saturated carbocycles. The van der Waals surface area contributed by atoms with E-state index in [1.54, 1.807) is 6.26 Å². The fourth-order valence-electron chi connectivity index (χ4n) is 6.14. The van der Waals surface area contributed by atoms with Crippen molar-refractivity contribution in [3.05, 3.63) is 72.0 Å². The van der Waals surface area contributed by atoms with Crippen LogP contribution in [0.15, 0.2) is 65.3 Å². The molecule has 7 nitrogen and oxygen atoms in total. The fraction of sp³-hybridized carbons (Fsp3) is 0.448. The number of furan rings is 1. The molecule has 4 atom stereocenters. The maximum absolute atomic E-state index is 13.3. The van der Waals surface area contributed by atoms with Crippen LogP contribution in [0.25, 0.3) is 11.0 Å². The van der Waals surface area contributed by atoms with Crippen LogP contribution in [0.4, 0.5) is 0 Å². The van der Waals surface area contributed by atoms with Crippen molar-refractivity contribution in [1.82, 2.24) is 15.1 Å². The topological polar surface area (TPSA) is 75.0 Å². The Morgan fingerprint density at radius 3 is 2.53 bits per heavy atom. The lowest BCUT2D eigenvalue weighted by Gasteiger charge is -2.25. The smallest absolute Gasteiger partial charge is 0.254 e. The summed E-state index contributed by atoms with van der Waals surface area (Å²) in [7, 11) is 0. The van der Waals surface area contributed by atoms with E-state index in [0.29, 0.717) is 25.0 Å². The Balaban J connectivity index is 1.05. The molecule has 3 unspecified atom stereocenters. The summed E-state index contributed by atoms with van der Waals surface area (Å²) in [5.41, 5.74) is 2.63. The first-order valence-corrected chi connectivity index (χ1v) is 13.1. The SMILES string of the molecule is O=C(N[C@@H](CCN1CC2CN(C(=O)c3cccc4occc34)CC2C1)c1ccccc1)C1CCOC1. The summed E-state index contributed by atoms with van der Waals surface area (Å²) in [4.78, 5) is 30.6. The molecule has 0 aliphatic carbocycles. The zero-order valence-corrected chi connectivity index (χ0v) is 20.5. The largest absolute Gasteiger partial charge is 0.464 e. The molecule has 2 aromatic carbocycles. The molecule has 3 aliphatic heterocycles. The van der Waals surface area contributed by atoms with Crippen LogP contribution in [0.2, 0.25) is 0 Å². The lowest BCUT2D eigenvalue weighted by molar-refractivity contribution is -0.125. The number of nitrogens with one attached hydrogen (secondary N) is 1. The Labute approximate surface area is 211 Å². The highest BCUT2D eigenvalue weighted by atomic mass is 16.5. The predicted molar refractivity (Wildman–Crippen MR) is 136 cm³/mol. The predicted octanol–water partition coefficient (Wildman–Crippen LogP) is 3.72. The van der Waals surface area contributed by atoms with Gasteiger partial charge in [-0.25, -0.2) is 0 Å². The average molecular weight is 488 g/mol. The zero-order chi connectivity index (χ0) is 24.5. The van der Waals surface area contributed by atoms with Gasteiger partial charge in [0.05, 0.1) is 30.4 Å². The van der Waals surface area contributed by atoms with E-state index in [-0.39, 0.29) is 23.8 Å². The Bertz CT molecular complexity index is 1210. The first-order chi connectivity index (χ1) is 17.7. The third-order valence-corrected chi connectivity index (χ3v) is 8.13. The van der Waals surface area contributed by atoms with E-state index >= 15 is 0 Å². The summed E-state index contributed by atoms with van der Waals surface area (Å²) in [6, 6.07) is 17.8. The van der Waals surface area contributed by atoms with Gasteiger partial charge in [-0.3, -0.25) is 9.59 Å². The second-order valence-electron chi connectivity index (χ2n) is 10.4. The number of amides is 2. The van der Waals surface area contributed by atoms with E-state index in [1.807, 2.05) is 47.4 Å². The highest BCUT2D eigenvalue weighted by molar-refractivity contribution is 6.06. The van der Waals surface area contributed by atoms with Crippen molar-refractivity contribution >= 4 is 22.8 Å². The molecule has 0 bridgehead atoms. The van der Waals surface area contributed by atoms with Crippen molar-refractivity contribution in [2.75, 3.05) is 45.9 Å². The molecule has 0 spiro atoms. The van der Waals surface area contributed by atoms with Gasteiger partial charge in [0.2, 0.25) is 5.91 Å². The van der Waals surface area contributed by atoms with Gasteiger partial charge in [0.25, 0.3) is 5.91 Å². The third-order valence-electron chi connectivity index (χ3n) is 8.13. The summed E-state index contributed by atoms with van der Waals surface area (Å²) in [6.45, 7) is 5.71. The number of ether oxygens (including phenoxy) is 1. The summed E-state index contributed by atoms with van der Waals surface area (Å²) < 4.78 is 10.9. The molecule has 6 rings (SSSR count). The van der Waals surface area contributed by atoms with E-state index in [4.69, 9.17) is 9.15 Å². The summed E-state index contributed by atoms with van der Waals surface area (Å²) >= 11 is 0. The van der Waals surface area contributed by atoms with Crippen LogP contribution in [0.1, 0.15) is 34.8 Å². The molecule has 2 amide bonds. The van der Waals surface area contributed by atoms with Crippen molar-refractivity contribution in [2.24, 2.45) is 17.8 Å². The van der Waals surface area contributed by atoms with Gasteiger partial charge in [-0.05, 0) is 48.4 Å². The van der Waals surface area contributed by atoms with Crippen LogP contribution < -0.4 is 5.32 Å². The Kier molecular flexibility index (Phi) is 6.50. The first-order valence-electron chi connectivity index (χ1n) is 13.1. The quantitative estimate of drug-likeness (QED) is 0.550. The molecule has 3 saturated heterocycles. The monoisotopic (exact) mass is 487 g/mol. The van der Waals surface area contributed by atoms with E-state index in [2.05, 4.69) is 22.3 Å². The number of benzene rings is 2. The van der Waals surface area contributed by atoms with Crippen molar-refractivity contribution in [2.45, 2.75) is 18.9 Å². The number of hydrogen-bond acceptors (Lipinski definition) is 5. The van der Waals surface area contributed by atoms with Gasteiger partial charge < -0.3 is 24.3 Å². The van der Waals surface area contributed by atoms with Crippen molar-refractivity contribution in [3.8, 4) is 0 Å². The number of rotatable bonds is 7. The summed E-state index contributed by atoms with van der Waals surface area (Å²) in [5.74, 6) is 1.15. The third kappa shape index (κ3) is 4.65. The maximum atomic E-state index is 13.3. The minimum atomic E-state index is -0.0428. The van der Waals surface area contributed by atoms with Gasteiger partial charge in [0.1, 0.15) is 5.58 Å². The van der Waals surface area contributed by atoms with Crippen molar-refractivity contribution < 1.29 is 18.7 Å². The van der Waals surface area contributed by atoms with E-state index in [1.165, 1.54) is 0 Å². The number of carbonyl (C=O) groups excluding carboxylic acids is 2. The molecule has 3 fully saturated rings. The maximum Gasteiger partial charge on any atom is 0.254 e. The van der Waals surface area contributed by atoms with Crippen LogP contribution in [0, 0.1) is 17.8 Å². The van der Waals surface area contributed by atoms with Gasteiger partial charge in [-0.15, -0.1) is 0 Å². The molecule has 0 radical (unpaired) electrons. The van der Waals surface area contributed by atoms with Crippen LogP contribution in [-0.4, -0.2) is 67.6 Å². The molecule has 1 N–H and O–H groups in total. The average Bonchev–Trinajstić information content (AvgIpc) is 3.70. The molecule has 1 aromatic heterocycles. The summed E-state index contributed by atoms with van der Waals surface area (Å²) in [5, 5.41) is 4.18. The Hall–Kier alpha value is -3.16. The van der Waals surface area contributed by atoms with E-state index < -0.39 is 0 Å². The molecule has 4 heterocycles. The second-order valence-corrected chi connectivity index (χ2v) is 10.4. The lowest BCUT2D eigenvalue weighted by atomic mass is 10.0. The molecular weight excluding hydrogens is 454 g/mol. The highest BCUT2D eigenvalue weighted by Crippen LogP contribution is 2.33. The molecule has 3 aromatic rings. The Morgan fingerprint density at radius 1 is 0.972 bits per heavy atom. The van der Waals surface area contributed by atoms with Gasteiger partial charge in [0.15, 0.2) is 0 Å². The first kappa shape index (κ1) is 23.3. The molecule has 3 aliphatic rings. The number of hydrogen-bond donors (Lipinski definition) is 1. The number of likely N-dealkylation sites (tertiary alicyclic amines) is 2. The molecule has 188 valence electrons. The minimum absolute atomic E-state index is 0.00624. The van der Waals surface area contributed by atoms with Crippen LogP contribution in [0.5, 0.6) is 0 Å². The number of fused-ring (bicyclic) bond motifs is 2. The van der Waals surface area contributed by atoms with E-state index in [9.17, 15) is 9.59 Å². The van der Waals surface area contributed by atoms with Crippen molar-refractivity contribution in [3.63, 3.8) is 0 Å². The summed E-state index contributed by atoms with van der Waals surface area (Å²) in [6.07, 6.45) is 3.31. The van der Waals surface area contributed by atoms with Gasteiger partial charge in [0, 0.05) is 44.7 Å². The zero-order valence-electron chi connectivity index (χ0n) is 20.5. The van der Waals surface area contributed by atoms with Crippen molar-refractivity contribution in [1.29, 1.82) is 0 Å². The van der Waals surface area contributed by atoms with Gasteiger partial charge in [-0.2, -0.15) is 0 Å².